The summed E-state index contributed by atoms with van der Waals surface area (Å²) in [6.07, 6.45) is 2.83. The number of nitrogens with zero attached hydrogens (tertiary/aromatic N) is 1. The Bertz CT molecular complexity index is 328. The number of aliphatic carboxylic acids is 1. The first-order chi connectivity index (χ1) is 8.61. The number of carboxylic acids is 1. The molecule has 6 nitrogen and oxygen atoms in total. The van der Waals surface area contributed by atoms with E-state index in [1.54, 1.807) is 4.90 Å². The van der Waals surface area contributed by atoms with E-state index in [0.717, 1.165) is 26.0 Å². The van der Waals surface area contributed by atoms with Gasteiger partial charge in [0.25, 0.3) is 0 Å². The van der Waals surface area contributed by atoms with E-state index >= 15 is 0 Å². The molecule has 0 aromatic carbocycles. The van der Waals surface area contributed by atoms with Crippen LogP contribution in [0.2, 0.25) is 0 Å². The number of nitrogens with one attached hydrogen (secondary N) is 1. The van der Waals surface area contributed by atoms with E-state index in [1.807, 2.05) is 0 Å². The van der Waals surface area contributed by atoms with Gasteiger partial charge in [0.05, 0.1) is 13.2 Å². The van der Waals surface area contributed by atoms with E-state index in [-0.39, 0.29) is 17.9 Å². The minimum Gasteiger partial charge on any atom is -0.481 e. The van der Waals surface area contributed by atoms with Crippen molar-refractivity contribution in [3.05, 3.63) is 0 Å². The molecule has 2 rings (SSSR count). The van der Waals surface area contributed by atoms with Gasteiger partial charge in [-0.1, -0.05) is 0 Å². The molecule has 2 fully saturated rings. The molecular formula is C12H20N2O4. The molecule has 0 bridgehead atoms. The van der Waals surface area contributed by atoms with Crippen molar-refractivity contribution in [3.8, 4) is 0 Å². The first-order valence-electron chi connectivity index (χ1n) is 6.44. The zero-order valence-corrected chi connectivity index (χ0v) is 10.5. The number of hydrogen-bond acceptors (Lipinski definition) is 3. The highest BCUT2D eigenvalue weighted by Gasteiger charge is 2.46. The smallest absolute Gasteiger partial charge is 0.317 e. The first-order valence-corrected chi connectivity index (χ1v) is 6.44. The average molecular weight is 256 g/mol. The van der Waals surface area contributed by atoms with Gasteiger partial charge in [0, 0.05) is 31.5 Å². The van der Waals surface area contributed by atoms with Crippen molar-refractivity contribution in [1.82, 2.24) is 10.2 Å². The molecular weight excluding hydrogens is 236 g/mol. The molecule has 1 aliphatic heterocycles. The highest BCUT2D eigenvalue weighted by molar-refractivity contribution is 5.74. The molecule has 2 aliphatic rings. The molecule has 0 aromatic heterocycles. The molecule has 0 radical (unpaired) electrons. The Balaban J connectivity index is 1.72. The predicted octanol–water partition coefficient (Wildman–Crippen LogP) is 0.673. The molecule has 2 N–H and O–H groups in total. The van der Waals surface area contributed by atoms with E-state index < -0.39 is 5.97 Å². The van der Waals surface area contributed by atoms with Gasteiger partial charge < -0.3 is 20.1 Å². The fourth-order valence-corrected chi connectivity index (χ4v) is 2.19. The van der Waals surface area contributed by atoms with Crippen LogP contribution in [0, 0.1) is 5.41 Å². The van der Waals surface area contributed by atoms with E-state index in [2.05, 4.69) is 5.32 Å². The second-order valence-electron chi connectivity index (χ2n) is 5.20. The lowest BCUT2D eigenvalue weighted by Gasteiger charge is -2.23. The lowest BCUT2D eigenvalue weighted by atomic mass is 10.1. The van der Waals surface area contributed by atoms with Crippen molar-refractivity contribution in [1.29, 1.82) is 0 Å². The average Bonchev–Trinajstić information content (AvgIpc) is 3.12. The Hall–Kier alpha value is -1.30. The van der Waals surface area contributed by atoms with Crippen LogP contribution < -0.4 is 5.32 Å². The maximum Gasteiger partial charge on any atom is 0.317 e. The summed E-state index contributed by atoms with van der Waals surface area (Å²) >= 11 is 0. The molecule has 0 atom stereocenters. The number of rotatable bonds is 4. The third kappa shape index (κ3) is 3.60. The summed E-state index contributed by atoms with van der Waals surface area (Å²) in [5, 5.41) is 11.3. The van der Waals surface area contributed by atoms with E-state index in [0.29, 0.717) is 26.1 Å². The second kappa shape index (κ2) is 5.56. The molecule has 1 spiro atoms. The highest BCUT2D eigenvalue weighted by atomic mass is 16.5. The van der Waals surface area contributed by atoms with Crippen LogP contribution in [0.1, 0.15) is 25.7 Å². The van der Waals surface area contributed by atoms with Crippen molar-refractivity contribution < 1.29 is 19.4 Å². The third-order valence-corrected chi connectivity index (χ3v) is 3.53. The van der Waals surface area contributed by atoms with Gasteiger partial charge in [-0.05, 0) is 19.3 Å². The van der Waals surface area contributed by atoms with Crippen molar-refractivity contribution >= 4 is 12.0 Å². The summed E-state index contributed by atoms with van der Waals surface area (Å²) in [7, 11) is 0. The molecule has 0 unspecified atom stereocenters. The maximum absolute atomic E-state index is 11.9. The van der Waals surface area contributed by atoms with Gasteiger partial charge in [0.2, 0.25) is 0 Å². The van der Waals surface area contributed by atoms with Gasteiger partial charge in [-0.2, -0.15) is 0 Å². The minimum atomic E-state index is -0.829. The van der Waals surface area contributed by atoms with E-state index in [1.165, 1.54) is 0 Å². The lowest BCUT2D eigenvalue weighted by molar-refractivity contribution is -0.137. The number of ether oxygens (including phenoxy) is 1. The maximum atomic E-state index is 11.9. The van der Waals surface area contributed by atoms with Crippen LogP contribution in [0.25, 0.3) is 0 Å². The van der Waals surface area contributed by atoms with Gasteiger partial charge in [-0.15, -0.1) is 0 Å². The fraction of sp³-hybridized carbons (Fsp3) is 0.833. The molecule has 18 heavy (non-hydrogen) atoms. The van der Waals surface area contributed by atoms with Crippen molar-refractivity contribution in [3.63, 3.8) is 0 Å². The predicted molar refractivity (Wildman–Crippen MR) is 64.3 cm³/mol. The zero-order chi connectivity index (χ0) is 13.0. The van der Waals surface area contributed by atoms with Crippen LogP contribution in [-0.4, -0.2) is 54.9 Å². The molecule has 102 valence electrons. The lowest BCUT2D eigenvalue weighted by Crippen LogP contribution is -2.43. The molecule has 1 aliphatic carbocycles. The normalized spacial score (nSPS) is 21.4. The van der Waals surface area contributed by atoms with Crippen LogP contribution in [-0.2, 0) is 9.53 Å². The summed E-state index contributed by atoms with van der Waals surface area (Å²) < 4.78 is 5.51. The Morgan fingerprint density at radius 3 is 2.83 bits per heavy atom. The summed E-state index contributed by atoms with van der Waals surface area (Å²) in [5.41, 5.74) is 0.203. The summed E-state index contributed by atoms with van der Waals surface area (Å²) in [4.78, 5) is 24.1. The zero-order valence-electron chi connectivity index (χ0n) is 10.5. The summed E-state index contributed by atoms with van der Waals surface area (Å²) in [5.74, 6) is -0.829. The van der Waals surface area contributed by atoms with Gasteiger partial charge in [-0.25, -0.2) is 4.79 Å². The molecule has 1 saturated heterocycles. The number of carbonyl (C=O) groups excluding carboxylic acids is 1. The molecule has 1 saturated carbocycles. The number of urea groups is 1. The Labute approximate surface area is 106 Å². The molecule has 0 aromatic rings. The largest absolute Gasteiger partial charge is 0.481 e. The van der Waals surface area contributed by atoms with Crippen LogP contribution in [0.3, 0.4) is 0 Å². The minimum absolute atomic E-state index is 0.0906. The number of hydrogen-bond donors (Lipinski definition) is 2. The third-order valence-electron chi connectivity index (χ3n) is 3.53. The highest BCUT2D eigenvalue weighted by Crippen LogP contribution is 2.47. The Kier molecular flexibility index (Phi) is 4.06. The van der Waals surface area contributed by atoms with Gasteiger partial charge in [-0.3, -0.25) is 4.79 Å². The monoisotopic (exact) mass is 256 g/mol. The van der Waals surface area contributed by atoms with Crippen LogP contribution in [0.5, 0.6) is 0 Å². The van der Waals surface area contributed by atoms with Crippen molar-refractivity contribution in [2.75, 3.05) is 32.8 Å². The van der Waals surface area contributed by atoms with Gasteiger partial charge in [0.15, 0.2) is 0 Å². The summed E-state index contributed by atoms with van der Waals surface area (Å²) in [6, 6.07) is -0.0998. The van der Waals surface area contributed by atoms with Crippen molar-refractivity contribution in [2.45, 2.75) is 25.7 Å². The van der Waals surface area contributed by atoms with E-state index in [4.69, 9.17) is 9.84 Å². The van der Waals surface area contributed by atoms with Gasteiger partial charge >= 0.3 is 12.0 Å². The standard InChI is InChI=1S/C12H20N2O4/c15-10(16)2-1-5-13-11(17)14-6-7-18-9-12(8-14)3-4-12/h1-9H2,(H,13,17)(H,15,16). The number of carbonyl (C=O) groups is 2. The van der Waals surface area contributed by atoms with Crippen molar-refractivity contribution in [2.24, 2.45) is 5.41 Å². The Morgan fingerprint density at radius 1 is 1.39 bits per heavy atom. The van der Waals surface area contributed by atoms with Gasteiger partial charge in [0.1, 0.15) is 0 Å². The number of amides is 2. The first kappa shape index (κ1) is 13.1. The SMILES string of the molecule is O=C(O)CCCNC(=O)N1CCOCC2(CC2)C1. The van der Waals surface area contributed by atoms with Crippen LogP contribution in [0.15, 0.2) is 0 Å². The molecule has 1 heterocycles. The fourth-order valence-electron chi connectivity index (χ4n) is 2.19. The summed E-state index contributed by atoms with van der Waals surface area (Å²) in [6.45, 7) is 3.14. The molecule has 6 heteroatoms. The van der Waals surface area contributed by atoms with Crippen LogP contribution >= 0.6 is 0 Å². The van der Waals surface area contributed by atoms with Crippen LogP contribution in [0.4, 0.5) is 4.79 Å². The topological polar surface area (TPSA) is 78.9 Å². The second-order valence-corrected chi connectivity index (χ2v) is 5.20. The Morgan fingerprint density at radius 2 is 2.17 bits per heavy atom. The molecule has 2 amide bonds. The quantitative estimate of drug-likeness (QED) is 0.725. The van der Waals surface area contributed by atoms with E-state index in [9.17, 15) is 9.59 Å². The number of carboxylic acid groups (broad SMARTS) is 1.